The summed E-state index contributed by atoms with van der Waals surface area (Å²) in [6.45, 7) is 5.04. The van der Waals surface area contributed by atoms with Crippen LogP contribution in [-0.4, -0.2) is 40.0 Å². The Balaban J connectivity index is 1.57. The zero-order valence-electron chi connectivity index (χ0n) is 16.7. The number of likely N-dealkylation sites (tertiary alicyclic amines) is 1. The topological polar surface area (TPSA) is 67.2 Å². The van der Waals surface area contributed by atoms with E-state index < -0.39 is 0 Å². The number of nitrogens with zero attached hydrogens (tertiary/aromatic N) is 3. The third-order valence-corrected chi connectivity index (χ3v) is 6.26. The highest BCUT2D eigenvalue weighted by atomic mass is 35.5. The van der Waals surface area contributed by atoms with Gasteiger partial charge in [0.15, 0.2) is 0 Å². The van der Waals surface area contributed by atoms with Crippen LogP contribution in [-0.2, 0) is 11.3 Å². The van der Waals surface area contributed by atoms with Crippen molar-refractivity contribution in [1.82, 2.24) is 19.8 Å². The van der Waals surface area contributed by atoms with Crippen molar-refractivity contribution >= 4 is 17.5 Å². The number of nitrogens with one attached hydrogen (secondary N) is 1. The quantitative estimate of drug-likeness (QED) is 0.789. The number of amides is 1. The molecule has 0 saturated carbocycles. The maximum Gasteiger partial charge on any atom is 0.251 e. The molecule has 2 aromatic heterocycles. The Morgan fingerprint density at radius 3 is 2.90 bits per heavy atom. The zero-order valence-corrected chi connectivity index (χ0v) is 17.4. The summed E-state index contributed by atoms with van der Waals surface area (Å²) in [5.41, 5.74) is 2.10. The van der Waals surface area contributed by atoms with E-state index in [4.69, 9.17) is 11.6 Å². The normalized spacial score (nSPS) is 23.4. The van der Waals surface area contributed by atoms with Crippen LogP contribution >= 0.6 is 11.6 Å². The Morgan fingerprint density at radius 1 is 1.28 bits per heavy atom. The van der Waals surface area contributed by atoms with Gasteiger partial charge in [-0.15, -0.1) is 0 Å². The van der Waals surface area contributed by atoms with Crippen LogP contribution in [0.1, 0.15) is 49.5 Å². The molecular weight excluding hydrogens is 388 g/mol. The molecule has 0 spiro atoms. The summed E-state index contributed by atoms with van der Waals surface area (Å²) in [4.78, 5) is 31.6. The number of aromatic nitrogens is 2. The molecule has 0 radical (unpaired) electrons. The third-order valence-electron chi connectivity index (χ3n) is 6.03. The summed E-state index contributed by atoms with van der Waals surface area (Å²) in [5.74, 6) is 0.686. The molecule has 4 rings (SSSR count). The number of piperidine rings is 1. The highest BCUT2D eigenvalue weighted by Crippen LogP contribution is 2.41. The van der Waals surface area contributed by atoms with Gasteiger partial charge in [0.25, 0.3) is 5.56 Å². The van der Waals surface area contributed by atoms with Crippen molar-refractivity contribution in [3.8, 4) is 0 Å². The van der Waals surface area contributed by atoms with Gasteiger partial charge in [0, 0.05) is 56.5 Å². The molecule has 1 fully saturated rings. The van der Waals surface area contributed by atoms with Crippen molar-refractivity contribution in [2.24, 2.45) is 5.92 Å². The Hall–Kier alpha value is -2.18. The van der Waals surface area contributed by atoms with E-state index in [1.54, 1.807) is 12.3 Å². The lowest BCUT2D eigenvalue weighted by atomic mass is 9.78. The molecule has 2 bridgehead atoms. The minimum Gasteiger partial charge on any atom is -0.354 e. The van der Waals surface area contributed by atoms with Crippen molar-refractivity contribution < 1.29 is 4.79 Å². The first-order chi connectivity index (χ1) is 14.0. The number of halogens is 1. The molecule has 2 aliphatic heterocycles. The molecule has 0 aliphatic carbocycles. The van der Waals surface area contributed by atoms with Crippen LogP contribution in [0.5, 0.6) is 0 Å². The van der Waals surface area contributed by atoms with Crippen LogP contribution in [0, 0.1) is 5.92 Å². The summed E-state index contributed by atoms with van der Waals surface area (Å²) in [6.07, 6.45) is 4.07. The van der Waals surface area contributed by atoms with Crippen molar-refractivity contribution in [1.29, 1.82) is 0 Å². The van der Waals surface area contributed by atoms with Gasteiger partial charge in [0.05, 0.1) is 16.8 Å². The van der Waals surface area contributed by atoms with E-state index in [1.165, 1.54) is 0 Å². The number of fused-ring (bicyclic) bond motifs is 4. The fourth-order valence-corrected chi connectivity index (χ4v) is 4.90. The zero-order chi connectivity index (χ0) is 20.4. The first-order valence-electron chi connectivity index (χ1n) is 10.4. The van der Waals surface area contributed by atoms with E-state index >= 15 is 0 Å². The summed E-state index contributed by atoms with van der Waals surface area (Å²) in [5, 5.41) is 3.69. The first-order valence-corrected chi connectivity index (χ1v) is 10.7. The van der Waals surface area contributed by atoms with Crippen LogP contribution in [0.15, 0.2) is 41.3 Å². The number of pyridine rings is 2. The average Bonchev–Trinajstić information content (AvgIpc) is 2.70. The van der Waals surface area contributed by atoms with E-state index in [0.717, 1.165) is 43.9 Å². The molecule has 7 heteroatoms. The number of hydrogen-bond donors (Lipinski definition) is 1. The maximum absolute atomic E-state index is 12.7. The largest absolute Gasteiger partial charge is 0.354 e. The molecule has 0 aromatic carbocycles. The monoisotopic (exact) mass is 414 g/mol. The summed E-state index contributed by atoms with van der Waals surface area (Å²) < 4.78 is 1.93. The highest BCUT2D eigenvalue weighted by Gasteiger charge is 2.40. The Morgan fingerprint density at radius 2 is 2.14 bits per heavy atom. The van der Waals surface area contributed by atoms with Gasteiger partial charge in [-0.3, -0.25) is 19.5 Å². The molecule has 4 heterocycles. The SMILES string of the molecule is CCCC(=O)NC[C@H]1[C@H]2C[C@H](CN(Cc3ccc(Cl)cn3)C2)c2cccc(=O)n21. The number of rotatable bonds is 6. The second-order valence-electron chi connectivity index (χ2n) is 8.13. The van der Waals surface area contributed by atoms with Crippen LogP contribution < -0.4 is 10.9 Å². The van der Waals surface area contributed by atoms with E-state index in [0.29, 0.717) is 29.8 Å². The number of carbonyl (C=O) groups excluding carboxylic acids is 1. The molecule has 1 N–H and O–H groups in total. The maximum atomic E-state index is 12.7. The molecule has 1 amide bonds. The number of hydrogen-bond acceptors (Lipinski definition) is 4. The van der Waals surface area contributed by atoms with Gasteiger partial charge in [-0.05, 0) is 37.0 Å². The van der Waals surface area contributed by atoms with Gasteiger partial charge in [-0.2, -0.15) is 0 Å². The fourth-order valence-electron chi connectivity index (χ4n) is 4.79. The van der Waals surface area contributed by atoms with Crippen LogP contribution in [0.25, 0.3) is 0 Å². The Bertz CT molecular complexity index is 927. The van der Waals surface area contributed by atoms with Crippen LogP contribution in [0.4, 0.5) is 0 Å². The summed E-state index contributed by atoms with van der Waals surface area (Å²) in [7, 11) is 0. The van der Waals surface area contributed by atoms with E-state index in [-0.39, 0.29) is 17.5 Å². The standard InChI is InChI=1S/C22H27ClN4O2/c1-2-4-21(28)25-11-20-16-9-15(19-5-3-6-22(29)27(19)20)12-26(13-16)14-18-8-7-17(23)10-24-18/h3,5-8,10,15-16,20H,2,4,9,11-14H2,1H3,(H,25,28)/t15-,16+,20+/m1/s1. The van der Waals surface area contributed by atoms with Gasteiger partial charge >= 0.3 is 0 Å². The van der Waals surface area contributed by atoms with Crippen molar-refractivity contribution in [3.63, 3.8) is 0 Å². The van der Waals surface area contributed by atoms with E-state index in [9.17, 15) is 9.59 Å². The molecule has 2 aromatic rings. The van der Waals surface area contributed by atoms with Gasteiger partial charge < -0.3 is 9.88 Å². The summed E-state index contributed by atoms with van der Waals surface area (Å²) >= 11 is 5.96. The Labute approximate surface area is 175 Å². The molecular formula is C22H27ClN4O2. The third kappa shape index (κ3) is 4.38. The second kappa shape index (κ2) is 8.67. The Kier molecular flexibility index (Phi) is 6.01. The average molecular weight is 415 g/mol. The minimum atomic E-state index is -0.0169. The van der Waals surface area contributed by atoms with Crippen LogP contribution in [0.2, 0.25) is 5.02 Å². The van der Waals surface area contributed by atoms with Crippen molar-refractivity contribution in [3.05, 3.63) is 63.3 Å². The lowest BCUT2D eigenvalue weighted by Gasteiger charge is -2.47. The highest BCUT2D eigenvalue weighted by molar-refractivity contribution is 6.30. The molecule has 1 saturated heterocycles. The number of carbonyl (C=O) groups is 1. The molecule has 2 aliphatic rings. The molecule has 154 valence electrons. The van der Waals surface area contributed by atoms with Gasteiger partial charge in [0.1, 0.15) is 0 Å². The lowest BCUT2D eigenvalue weighted by molar-refractivity contribution is -0.121. The minimum absolute atomic E-state index is 0.0169. The molecule has 3 atom stereocenters. The second-order valence-corrected chi connectivity index (χ2v) is 8.57. The van der Waals surface area contributed by atoms with E-state index in [2.05, 4.69) is 21.3 Å². The molecule has 0 unspecified atom stereocenters. The van der Waals surface area contributed by atoms with Crippen LogP contribution in [0.3, 0.4) is 0 Å². The first kappa shape index (κ1) is 20.1. The molecule has 29 heavy (non-hydrogen) atoms. The van der Waals surface area contributed by atoms with E-state index in [1.807, 2.05) is 29.7 Å². The smallest absolute Gasteiger partial charge is 0.251 e. The predicted octanol–water partition coefficient (Wildman–Crippen LogP) is 2.97. The lowest BCUT2D eigenvalue weighted by Crippen LogP contribution is -2.51. The molecule has 6 nitrogen and oxygen atoms in total. The van der Waals surface area contributed by atoms with Gasteiger partial charge in [0.2, 0.25) is 5.91 Å². The van der Waals surface area contributed by atoms with Crippen molar-refractivity contribution in [2.45, 2.75) is 44.7 Å². The predicted molar refractivity (Wildman–Crippen MR) is 113 cm³/mol. The summed E-state index contributed by atoms with van der Waals surface area (Å²) in [6, 6.07) is 9.36. The van der Waals surface area contributed by atoms with Gasteiger partial charge in [-0.1, -0.05) is 24.6 Å². The van der Waals surface area contributed by atoms with Gasteiger partial charge in [-0.25, -0.2) is 0 Å². The fraction of sp³-hybridized carbons (Fsp3) is 0.500. The van der Waals surface area contributed by atoms with Crippen molar-refractivity contribution in [2.75, 3.05) is 19.6 Å².